The second-order valence-corrected chi connectivity index (χ2v) is 7.31. The fraction of sp³-hybridized carbons (Fsp3) is 1.00. The third kappa shape index (κ3) is 16.9. The summed E-state index contributed by atoms with van der Waals surface area (Å²) in [5.74, 6) is 0.121. The summed E-state index contributed by atoms with van der Waals surface area (Å²) in [6, 6.07) is 0. The van der Waals surface area contributed by atoms with E-state index in [4.69, 9.17) is 10.2 Å². The van der Waals surface area contributed by atoms with Gasteiger partial charge in [-0.25, -0.2) is 0 Å². The van der Waals surface area contributed by atoms with Crippen molar-refractivity contribution in [1.29, 1.82) is 0 Å². The van der Waals surface area contributed by atoms with Gasteiger partial charge in [-0.3, -0.25) is 0 Å². The molecule has 8 heteroatoms. The molecule has 0 aromatic carbocycles. The van der Waals surface area contributed by atoms with Crippen LogP contribution in [-0.4, -0.2) is 33.8 Å². The Morgan fingerprint density at radius 3 is 1.21 bits per heavy atom. The minimum absolute atomic E-state index is 0.110. The highest BCUT2D eigenvalue weighted by Gasteiger charge is 2.50. The maximum Gasteiger partial charge on any atom is 0.416 e. The zero-order chi connectivity index (χ0) is 24.7. The summed E-state index contributed by atoms with van der Waals surface area (Å²) < 4.78 is 72.7. The van der Waals surface area contributed by atoms with E-state index in [1.165, 1.54) is 0 Å². The van der Waals surface area contributed by atoms with Crippen LogP contribution in [0.3, 0.4) is 0 Å². The van der Waals surface area contributed by atoms with Crippen LogP contribution in [0.1, 0.15) is 101 Å². The molecule has 0 aliphatic carbocycles. The van der Waals surface area contributed by atoms with Crippen LogP contribution < -0.4 is 0 Å². The second-order valence-electron chi connectivity index (χ2n) is 7.31. The molecule has 4 atom stereocenters. The molecule has 182 valence electrons. The minimum Gasteiger partial charge on any atom is -0.381 e. The Morgan fingerprint density at radius 2 is 0.966 bits per heavy atom. The predicted octanol–water partition coefficient (Wildman–Crippen LogP) is 7.91. The van der Waals surface area contributed by atoms with Gasteiger partial charge in [0.05, 0.1) is 0 Å². The Kier molecular flexibility index (Phi) is 20.1. The van der Waals surface area contributed by atoms with Crippen LogP contribution >= 0.6 is 0 Å². The quantitative estimate of drug-likeness (QED) is 0.393. The van der Waals surface area contributed by atoms with Gasteiger partial charge in [0.15, 0.2) is 11.2 Å². The molecule has 0 spiro atoms. The van der Waals surface area contributed by atoms with Gasteiger partial charge in [-0.15, -0.1) is 0 Å². The molecule has 0 radical (unpaired) electrons. The molecule has 2 nitrogen and oxygen atoms in total. The van der Waals surface area contributed by atoms with Gasteiger partial charge in [0, 0.05) is 0 Å². The van der Waals surface area contributed by atoms with E-state index in [9.17, 15) is 26.3 Å². The average molecular weight is 443 g/mol. The summed E-state index contributed by atoms with van der Waals surface area (Å²) in [4.78, 5) is 0. The maximum atomic E-state index is 12.1. The van der Waals surface area contributed by atoms with Crippen LogP contribution in [0.2, 0.25) is 0 Å². The average Bonchev–Trinajstić information content (AvgIpc) is 2.61. The molecular formula is C21H44F6O2. The molecule has 0 fully saturated rings. The molecule has 2 unspecified atom stereocenters. The molecule has 0 saturated carbocycles. The summed E-state index contributed by atoms with van der Waals surface area (Å²) in [5, 5.41) is 18.1. The van der Waals surface area contributed by atoms with E-state index >= 15 is 0 Å². The first kappa shape index (κ1) is 35.9. The van der Waals surface area contributed by atoms with E-state index in [1.807, 2.05) is 41.5 Å². The Labute approximate surface area is 174 Å². The lowest BCUT2D eigenvalue weighted by Crippen LogP contribution is -2.43. The molecule has 0 bridgehead atoms. The number of aliphatic hydroxyl groups is 2. The Morgan fingerprint density at radius 1 is 0.655 bits per heavy atom. The van der Waals surface area contributed by atoms with E-state index < -0.39 is 23.6 Å². The molecule has 0 heterocycles. The van der Waals surface area contributed by atoms with Crippen LogP contribution in [0.15, 0.2) is 0 Å². The van der Waals surface area contributed by atoms with Crippen LogP contribution in [0.4, 0.5) is 26.3 Å². The van der Waals surface area contributed by atoms with E-state index in [1.54, 1.807) is 13.8 Å². The zero-order valence-corrected chi connectivity index (χ0v) is 19.9. The summed E-state index contributed by atoms with van der Waals surface area (Å²) in [5.41, 5.74) is -5.07. The van der Waals surface area contributed by atoms with Crippen molar-refractivity contribution < 1.29 is 36.6 Å². The monoisotopic (exact) mass is 442 g/mol. The molecule has 2 N–H and O–H groups in total. The minimum atomic E-state index is -4.52. The first-order valence-corrected chi connectivity index (χ1v) is 10.5. The van der Waals surface area contributed by atoms with Gasteiger partial charge in [-0.1, -0.05) is 68.2 Å². The van der Waals surface area contributed by atoms with Crippen molar-refractivity contribution in [3.8, 4) is 0 Å². The molecule has 0 aromatic heterocycles. The van der Waals surface area contributed by atoms with Gasteiger partial charge in [0.1, 0.15) is 0 Å². The zero-order valence-electron chi connectivity index (χ0n) is 19.9. The summed E-state index contributed by atoms with van der Waals surface area (Å²) in [6.07, 6.45) is -7.58. The highest BCUT2D eigenvalue weighted by molar-refractivity contribution is 4.83. The normalized spacial score (nSPS) is 17.6. The first-order chi connectivity index (χ1) is 12.9. The van der Waals surface area contributed by atoms with Crippen molar-refractivity contribution in [2.75, 3.05) is 0 Å². The van der Waals surface area contributed by atoms with E-state index in [0.717, 1.165) is 20.3 Å². The topological polar surface area (TPSA) is 40.5 Å². The number of halogens is 6. The summed E-state index contributed by atoms with van der Waals surface area (Å²) >= 11 is 0. The Bertz CT molecular complexity index is 363. The summed E-state index contributed by atoms with van der Waals surface area (Å²) in [7, 11) is 0. The fourth-order valence-electron chi connectivity index (χ4n) is 1.81. The maximum absolute atomic E-state index is 12.1. The smallest absolute Gasteiger partial charge is 0.381 e. The van der Waals surface area contributed by atoms with E-state index in [-0.39, 0.29) is 24.7 Å². The Hall–Kier alpha value is -0.500. The standard InChI is InChI=1S/C9H17F3O.C8H15F3O.2C2H6/c1-4-7(2)5-6-8(3,13)9(10,11)12;1-4-6(2)5-7(3,12)8(9,10)11;2*1-2/h7,13H,4-6H2,1-3H3;6,12H,4-5H2,1-3H3;2*1-2H3/t7-,8?;6-,7?;;/m00../s1. The van der Waals surface area contributed by atoms with Crippen molar-refractivity contribution in [3.05, 3.63) is 0 Å². The lowest BCUT2D eigenvalue weighted by molar-refractivity contribution is -0.258. The van der Waals surface area contributed by atoms with Gasteiger partial charge < -0.3 is 10.2 Å². The van der Waals surface area contributed by atoms with Crippen molar-refractivity contribution in [2.24, 2.45) is 11.8 Å². The van der Waals surface area contributed by atoms with E-state index in [0.29, 0.717) is 12.8 Å². The molecule has 0 amide bonds. The fourth-order valence-corrected chi connectivity index (χ4v) is 1.81. The Balaban J connectivity index is -0.000000184. The lowest BCUT2D eigenvalue weighted by Gasteiger charge is -2.28. The van der Waals surface area contributed by atoms with Gasteiger partial charge >= 0.3 is 12.4 Å². The van der Waals surface area contributed by atoms with Gasteiger partial charge in [-0.05, 0) is 44.9 Å². The number of hydrogen-bond donors (Lipinski definition) is 2. The van der Waals surface area contributed by atoms with Crippen LogP contribution in [-0.2, 0) is 0 Å². The molecule has 0 aliphatic rings. The van der Waals surface area contributed by atoms with Crippen LogP contribution in [0.25, 0.3) is 0 Å². The third-order valence-corrected chi connectivity index (χ3v) is 4.49. The largest absolute Gasteiger partial charge is 0.416 e. The second kappa shape index (κ2) is 16.2. The first-order valence-electron chi connectivity index (χ1n) is 10.5. The lowest BCUT2D eigenvalue weighted by atomic mass is 9.91. The molecule has 0 aromatic rings. The van der Waals surface area contributed by atoms with Crippen molar-refractivity contribution in [1.82, 2.24) is 0 Å². The molecular weight excluding hydrogens is 398 g/mol. The molecule has 0 saturated heterocycles. The highest BCUT2D eigenvalue weighted by atomic mass is 19.4. The number of rotatable bonds is 7. The third-order valence-electron chi connectivity index (χ3n) is 4.49. The molecule has 29 heavy (non-hydrogen) atoms. The van der Waals surface area contributed by atoms with Gasteiger partial charge in [0.25, 0.3) is 0 Å². The molecule has 0 aliphatic heterocycles. The van der Waals surface area contributed by atoms with Crippen molar-refractivity contribution >= 4 is 0 Å². The molecule has 0 rings (SSSR count). The SMILES string of the molecule is CC.CC.CC[C@H](C)CC(C)(O)C(F)(F)F.CC[C@H](C)CCC(C)(O)C(F)(F)F. The number of hydrogen-bond acceptors (Lipinski definition) is 2. The van der Waals surface area contributed by atoms with Crippen molar-refractivity contribution in [2.45, 2.75) is 125 Å². The van der Waals surface area contributed by atoms with Gasteiger partial charge in [0.2, 0.25) is 0 Å². The number of alkyl halides is 6. The van der Waals surface area contributed by atoms with Gasteiger partial charge in [-0.2, -0.15) is 26.3 Å². The predicted molar refractivity (Wildman–Crippen MR) is 109 cm³/mol. The van der Waals surface area contributed by atoms with Crippen molar-refractivity contribution in [3.63, 3.8) is 0 Å². The van der Waals surface area contributed by atoms with Crippen LogP contribution in [0.5, 0.6) is 0 Å². The van der Waals surface area contributed by atoms with Crippen LogP contribution in [0, 0.1) is 11.8 Å². The van der Waals surface area contributed by atoms with E-state index in [2.05, 4.69) is 0 Å². The summed E-state index contributed by atoms with van der Waals surface area (Å²) in [6.45, 7) is 16.9. The highest BCUT2D eigenvalue weighted by Crippen LogP contribution is 2.36.